The zero-order chi connectivity index (χ0) is 19.7. The van der Waals surface area contributed by atoms with Gasteiger partial charge in [0.2, 0.25) is 0 Å². The van der Waals surface area contributed by atoms with E-state index in [0.29, 0.717) is 17.7 Å². The second-order valence-electron chi connectivity index (χ2n) is 5.69. The first-order chi connectivity index (χ1) is 11.9. The van der Waals surface area contributed by atoms with Gasteiger partial charge in [-0.1, -0.05) is 19.1 Å². The predicted octanol–water partition coefficient (Wildman–Crippen LogP) is 5.41. The van der Waals surface area contributed by atoms with Gasteiger partial charge in [-0.15, -0.1) is 0 Å². The van der Waals surface area contributed by atoms with E-state index in [1.807, 2.05) is 0 Å². The number of ether oxygens (including phenoxy) is 1. The number of methoxy groups -OCH3 is 1. The summed E-state index contributed by atoms with van der Waals surface area (Å²) >= 11 is 0. The lowest BCUT2D eigenvalue weighted by Gasteiger charge is -2.16. The fourth-order valence-electron chi connectivity index (χ4n) is 2.34. The van der Waals surface area contributed by atoms with Crippen LogP contribution in [-0.4, -0.2) is 12.9 Å². The summed E-state index contributed by atoms with van der Waals surface area (Å²) < 4.78 is 82.2. The highest BCUT2D eigenvalue weighted by atomic mass is 19.4. The van der Waals surface area contributed by atoms with Crippen LogP contribution in [0.3, 0.4) is 0 Å². The van der Waals surface area contributed by atoms with Crippen LogP contribution in [0.5, 0.6) is 0 Å². The number of hydrogen-bond acceptors (Lipinski definition) is 2. The van der Waals surface area contributed by atoms with Crippen molar-refractivity contribution in [3.63, 3.8) is 0 Å². The minimum absolute atomic E-state index is 0.0646. The Labute approximate surface area is 145 Å². The number of allylic oxidation sites excluding steroid dienone is 4. The van der Waals surface area contributed by atoms with Gasteiger partial charge in [-0.3, -0.25) is 4.79 Å². The molecule has 0 aliphatic heterocycles. The molecule has 8 heteroatoms. The van der Waals surface area contributed by atoms with Gasteiger partial charge in [-0.2, -0.15) is 26.3 Å². The van der Waals surface area contributed by atoms with Crippen molar-refractivity contribution < 1.29 is 35.9 Å². The molecule has 0 spiro atoms. The standard InChI is InChI=1S/C18H14F6O2/c1-10-12(7-15(26-2)9-16(10)25)4-3-11-5-13(17(19,20)21)8-14(6-11)18(22,23)24/h3-10H,1-2H3/b4-3+. The first kappa shape index (κ1) is 19.8. The molecule has 0 N–H and O–H groups in total. The first-order valence-electron chi connectivity index (χ1n) is 7.40. The number of rotatable bonds is 3. The largest absolute Gasteiger partial charge is 0.497 e. The van der Waals surface area contributed by atoms with Crippen LogP contribution in [0.4, 0.5) is 26.3 Å². The monoisotopic (exact) mass is 376 g/mol. The molecule has 0 radical (unpaired) electrons. The third kappa shape index (κ3) is 4.56. The summed E-state index contributed by atoms with van der Waals surface area (Å²) in [4.78, 5) is 11.8. The average molecular weight is 376 g/mol. The molecule has 2 nitrogen and oxygen atoms in total. The molecule has 0 heterocycles. The van der Waals surface area contributed by atoms with Gasteiger partial charge in [0, 0.05) is 12.0 Å². The lowest BCUT2D eigenvalue weighted by Crippen LogP contribution is -2.15. The lowest BCUT2D eigenvalue weighted by molar-refractivity contribution is -0.143. The molecule has 0 fully saturated rings. The summed E-state index contributed by atoms with van der Waals surface area (Å²) in [5, 5.41) is 0. The number of carbonyl (C=O) groups excluding carboxylic acids is 1. The second kappa shape index (κ2) is 7.01. The highest BCUT2D eigenvalue weighted by molar-refractivity contribution is 5.96. The molecule has 1 atom stereocenters. The Balaban J connectivity index is 2.45. The van der Waals surface area contributed by atoms with Crippen LogP contribution < -0.4 is 0 Å². The van der Waals surface area contributed by atoms with Gasteiger partial charge < -0.3 is 4.74 Å². The van der Waals surface area contributed by atoms with Crippen LogP contribution in [0, 0.1) is 5.92 Å². The van der Waals surface area contributed by atoms with E-state index in [-0.39, 0.29) is 23.2 Å². The smallest absolute Gasteiger partial charge is 0.416 e. The van der Waals surface area contributed by atoms with Gasteiger partial charge in [-0.25, -0.2) is 0 Å². The van der Waals surface area contributed by atoms with Crippen molar-refractivity contribution in [3.8, 4) is 0 Å². The summed E-state index contributed by atoms with van der Waals surface area (Å²) in [5.41, 5.74) is -2.65. The number of carbonyl (C=O) groups is 1. The Morgan fingerprint density at radius 3 is 1.92 bits per heavy atom. The van der Waals surface area contributed by atoms with E-state index in [2.05, 4.69) is 0 Å². The highest BCUT2D eigenvalue weighted by Gasteiger charge is 2.36. The van der Waals surface area contributed by atoms with Crippen LogP contribution in [0.15, 0.2) is 47.8 Å². The fraction of sp³-hybridized carbons (Fsp3) is 0.278. The zero-order valence-corrected chi connectivity index (χ0v) is 13.7. The van der Waals surface area contributed by atoms with Crippen molar-refractivity contribution in [1.82, 2.24) is 0 Å². The van der Waals surface area contributed by atoms with Gasteiger partial charge in [-0.05, 0) is 35.4 Å². The zero-order valence-electron chi connectivity index (χ0n) is 13.7. The van der Waals surface area contributed by atoms with E-state index in [1.54, 1.807) is 6.92 Å². The second-order valence-corrected chi connectivity index (χ2v) is 5.69. The Morgan fingerprint density at radius 1 is 0.923 bits per heavy atom. The SMILES string of the molecule is COC1=CC(=O)C(C)C(/C=C/c2cc(C(F)(F)F)cc(C(F)(F)F)c2)=C1. The maximum Gasteiger partial charge on any atom is 0.416 e. The molecule has 26 heavy (non-hydrogen) atoms. The number of ketones is 1. The van der Waals surface area contributed by atoms with Crippen molar-refractivity contribution in [2.24, 2.45) is 5.92 Å². The van der Waals surface area contributed by atoms with Crippen LogP contribution in [-0.2, 0) is 21.9 Å². The Bertz CT molecular complexity index is 765. The Morgan fingerprint density at radius 2 is 1.46 bits per heavy atom. The topological polar surface area (TPSA) is 26.3 Å². The molecule has 2 rings (SSSR count). The quantitative estimate of drug-likeness (QED) is 0.659. The third-order valence-electron chi connectivity index (χ3n) is 3.83. The predicted molar refractivity (Wildman–Crippen MR) is 82.8 cm³/mol. The van der Waals surface area contributed by atoms with E-state index in [1.165, 1.54) is 25.3 Å². The summed E-state index contributed by atoms with van der Waals surface area (Å²) in [7, 11) is 1.34. The van der Waals surface area contributed by atoms with E-state index < -0.39 is 29.4 Å². The van der Waals surface area contributed by atoms with Gasteiger partial charge in [0.15, 0.2) is 5.78 Å². The minimum Gasteiger partial charge on any atom is -0.497 e. The van der Waals surface area contributed by atoms with E-state index in [9.17, 15) is 31.1 Å². The molecule has 0 aromatic heterocycles. The highest BCUT2D eigenvalue weighted by Crippen LogP contribution is 2.36. The van der Waals surface area contributed by atoms with Crippen LogP contribution >= 0.6 is 0 Å². The molecule has 1 aliphatic carbocycles. The minimum atomic E-state index is -4.91. The molecule has 140 valence electrons. The summed E-state index contributed by atoms with van der Waals surface area (Å²) in [6.07, 6.45) is -4.63. The summed E-state index contributed by atoms with van der Waals surface area (Å²) in [5.74, 6) is -0.602. The van der Waals surface area contributed by atoms with Gasteiger partial charge in [0.25, 0.3) is 0 Å². The molecule has 1 unspecified atom stereocenters. The van der Waals surface area contributed by atoms with Crippen LogP contribution in [0.25, 0.3) is 6.08 Å². The van der Waals surface area contributed by atoms with Gasteiger partial charge >= 0.3 is 12.4 Å². The maximum absolute atomic E-state index is 12.9. The van der Waals surface area contributed by atoms with E-state index in [0.717, 1.165) is 6.08 Å². The van der Waals surface area contributed by atoms with Crippen molar-refractivity contribution in [2.45, 2.75) is 19.3 Å². The molecule has 0 amide bonds. The number of halogens is 6. The molecule has 0 bridgehead atoms. The Hall–Kier alpha value is -2.51. The van der Waals surface area contributed by atoms with E-state index in [4.69, 9.17) is 4.74 Å². The van der Waals surface area contributed by atoms with Gasteiger partial charge in [0.05, 0.1) is 18.2 Å². The van der Waals surface area contributed by atoms with Crippen LogP contribution in [0.2, 0.25) is 0 Å². The lowest BCUT2D eigenvalue weighted by atomic mass is 9.90. The Kier molecular flexibility index (Phi) is 5.34. The van der Waals surface area contributed by atoms with Gasteiger partial charge in [0.1, 0.15) is 5.76 Å². The molecule has 0 saturated carbocycles. The first-order valence-corrected chi connectivity index (χ1v) is 7.40. The summed E-state index contributed by atoms with van der Waals surface area (Å²) in [6, 6.07) is 1.30. The van der Waals surface area contributed by atoms with Crippen molar-refractivity contribution in [2.75, 3.05) is 7.11 Å². The number of benzene rings is 1. The third-order valence-corrected chi connectivity index (χ3v) is 3.83. The molecule has 1 aromatic rings. The summed E-state index contributed by atoms with van der Waals surface area (Å²) in [6.45, 7) is 1.58. The molecular weight excluding hydrogens is 362 g/mol. The molecule has 1 aromatic carbocycles. The van der Waals surface area contributed by atoms with Crippen molar-refractivity contribution in [3.05, 3.63) is 64.4 Å². The maximum atomic E-state index is 12.9. The molecule has 0 saturated heterocycles. The van der Waals surface area contributed by atoms with Crippen molar-refractivity contribution in [1.29, 1.82) is 0 Å². The normalized spacial score (nSPS) is 18.8. The van der Waals surface area contributed by atoms with E-state index >= 15 is 0 Å². The van der Waals surface area contributed by atoms with Crippen LogP contribution in [0.1, 0.15) is 23.6 Å². The average Bonchev–Trinajstić information content (AvgIpc) is 2.54. The van der Waals surface area contributed by atoms with Crippen molar-refractivity contribution >= 4 is 11.9 Å². The molecular formula is C18H14F6O2. The molecule has 1 aliphatic rings. The number of hydrogen-bond donors (Lipinski definition) is 0. The fourth-order valence-corrected chi connectivity index (χ4v) is 2.34. The number of alkyl halides is 6.